The fourth-order valence-corrected chi connectivity index (χ4v) is 3.87. The summed E-state index contributed by atoms with van der Waals surface area (Å²) in [5, 5.41) is 13.1. The van der Waals surface area contributed by atoms with Crippen molar-refractivity contribution in [3.8, 4) is 11.3 Å². The van der Waals surface area contributed by atoms with Crippen molar-refractivity contribution in [1.29, 1.82) is 0 Å². The minimum Gasteiger partial charge on any atom is -0.307 e. The molecule has 0 aliphatic carbocycles. The monoisotopic (exact) mass is 398 g/mol. The van der Waals surface area contributed by atoms with Crippen LogP contribution in [0.1, 0.15) is 21.5 Å². The number of pyridine rings is 1. The standard InChI is InChI=1S/C23H22N6O/c1-28-8-7-15-9-17(4-6-19(15)13-28)23(30)25-22-11-20-10-16(3-5-18(20)12-24-22)21-14-29(2)27-26-21/h3-6,9-12,14H,7-8,13H2,1-2H3,(H,24,25,30). The Morgan fingerprint density at radius 2 is 1.93 bits per heavy atom. The molecule has 7 nitrogen and oxygen atoms in total. The number of benzene rings is 2. The van der Waals surface area contributed by atoms with Crippen molar-refractivity contribution < 1.29 is 4.79 Å². The maximum absolute atomic E-state index is 12.8. The van der Waals surface area contributed by atoms with Crippen LogP contribution in [0.5, 0.6) is 0 Å². The van der Waals surface area contributed by atoms with Gasteiger partial charge in [-0.2, -0.15) is 0 Å². The van der Waals surface area contributed by atoms with Crippen molar-refractivity contribution in [2.75, 3.05) is 18.9 Å². The van der Waals surface area contributed by atoms with Crippen LogP contribution in [0.3, 0.4) is 0 Å². The molecule has 150 valence electrons. The minimum atomic E-state index is -0.145. The Morgan fingerprint density at radius 3 is 2.77 bits per heavy atom. The van der Waals surface area contributed by atoms with Crippen molar-refractivity contribution in [2.24, 2.45) is 7.05 Å². The van der Waals surface area contributed by atoms with E-state index in [1.807, 2.05) is 49.6 Å². The number of likely N-dealkylation sites (N-methyl/N-ethyl adjacent to an activating group) is 1. The largest absolute Gasteiger partial charge is 0.307 e. The summed E-state index contributed by atoms with van der Waals surface area (Å²) < 4.78 is 1.67. The zero-order valence-corrected chi connectivity index (χ0v) is 17.0. The number of anilines is 1. The molecule has 0 spiro atoms. The quantitative estimate of drug-likeness (QED) is 0.573. The molecule has 7 heteroatoms. The van der Waals surface area contributed by atoms with Crippen LogP contribution >= 0.6 is 0 Å². The van der Waals surface area contributed by atoms with E-state index in [2.05, 4.69) is 38.6 Å². The first-order valence-corrected chi connectivity index (χ1v) is 9.93. The minimum absolute atomic E-state index is 0.145. The summed E-state index contributed by atoms with van der Waals surface area (Å²) in [4.78, 5) is 19.5. The van der Waals surface area contributed by atoms with Crippen molar-refractivity contribution in [3.05, 3.63) is 71.5 Å². The first kappa shape index (κ1) is 18.4. The average Bonchev–Trinajstić information content (AvgIpc) is 3.19. The van der Waals surface area contributed by atoms with Crippen LogP contribution < -0.4 is 5.32 Å². The highest BCUT2D eigenvalue weighted by molar-refractivity contribution is 6.04. The van der Waals surface area contributed by atoms with Crippen LogP contribution in [0.2, 0.25) is 0 Å². The second-order valence-corrected chi connectivity index (χ2v) is 7.83. The normalized spacial score (nSPS) is 13.9. The van der Waals surface area contributed by atoms with E-state index in [1.54, 1.807) is 10.9 Å². The van der Waals surface area contributed by atoms with Crippen molar-refractivity contribution >= 4 is 22.5 Å². The number of aryl methyl sites for hydroxylation is 1. The molecule has 0 saturated carbocycles. The molecule has 1 amide bonds. The number of aromatic nitrogens is 4. The Balaban J connectivity index is 1.40. The van der Waals surface area contributed by atoms with Gasteiger partial charge in [0.05, 0.1) is 6.20 Å². The van der Waals surface area contributed by atoms with Gasteiger partial charge in [0.2, 0.25) is 0 Å². The molecule has 0 fully saturated rings. The predicted octanol–water partition coefficient (Wildman–Crippen LogP) is 3.27. The fraction of sp³-hybridized carbons (Fsp3) is 0.217. The third-order valence-electron chi connectivity index (χ3n) is 5.53. The number of nitrogens with one attached hydrogen (secondary N) is 1. The number of nitrogens with zero attached hydrogens (tertiary/aromatic N) is 5. The van der Waals surface area contributed by atoms with Crippen LogP contribution in [0, 0.1) is 0 Å². The summed E-state index contributed by atoms with van der Waals surface area (Å²) in [5.41, 5.74) is 4.98. The first-order chi connectivity index (χ1) is 14.5. The summed E-state index contributed by atoms with van der Waals surface area (Å²) in [6.45, 7) is 1.94. The highest BCUT2D eigenvalue weighted by Gasteiger charge is 2.16. The summed E-state index contributed by atoms with van der Waals surface area (Å²) >= 11 is 0. The van der Waals surface area contributed by atoms with E-state index < -0.39 is 0 Å². The molecule has 1 N–H and O–H groups in total. The van der Waals surface area contributed by atoms with Gasteiger partial charge < -0.3 is 10.2 Å². The Labute approximate surface area is 174 Å². The molecule has 30 heavy (non-hydrogen) atoms. The number of hydrogen-bond acceptors (Lipinski definition) is 5. The molecule has 2 aromatic carbocycles. The fourth-order valence-electron chi connectivity index (χ4n) is 3.87. The lowest BCUT2D eigenvalue weighted by Gasteiger charge is -2.25. The molecule has 1 aliphatic heterocycles. The number of carbonyl (C=O) groups is 1. The molecule has 4 aromatic rings. The van der Waals surface area contributed by atoms with Gasteiger partial charge in [-0.1, -0.05) is 23.4 Å². The second-order valence-electron chi connectivity index (χ2n) is 7.83. The van der Waals surface area contributed by atoms with E-state index in [0.29, 0.717) is 11.4 Å². The van der Waals surface area contributed by atoms with Crippen LogP contribution in [0.15, 0.2) is 54.9 Å². The smallest absolute Gasteiger partial charge is 0.256 e. The zero-order valence-electron chi connectivity index (χ0n) is 17.0. The van der Waals surface area contributed by atoms with Gasteiger partial charge in [-0.15, -0.1) is 5.10 Å². The molecule has 2 aromatic heterocycles. The Kier molecular flexibility index (Phi) is 4.52. The lowest BCUT2D eigenvalue weighted by atomic mass is 9.97. The zero-order chi connectivity index (χ0) is 20.7. The molecule has 0 atom stereocenters. The van der Waals surface area contributed by atoms with Crippen LogP contribution in [-0.4, -0.2) is 44.4 Å². The second kappa shape index (κ2) is 7.35. The van der Waals surface area contributed by atoms with Gasteiger partial charge in [0.15, 0.2) is 0 Å². The number of fused-ring (bicyclic) bond motifs is 2. The Morgan fingerprint density at radius 1 is 1.03 bits per heavy atom. The molecule has 1 aliphatic rings. The summed E-state index contributed by atoms with van der Waals surface area (Å²) in [5.74, 6) is 0.384. The molecule has 0 radical (unpaired) electrons. The molecule has 0 bridgehead atoms. The molecular formula is C23H22N6O. The third-order valence-corrected chi connectivity index (χ3v) is 5.53. The van der Waals surface area contributed by atoms with Gasteiger partial charge >= 0.3 is 0 Å². The number of rotatable bonds is 3. The van der Waals surface area contributed by atoms with Gasteiger partial charge in [-0.25, -0.2) is 4.98 Å². The highest BCUT2D eigenvalue weighted by Crippen LogP contribution is 2.25. The Bertz CT molecular complexity index is 1260. The van der Waals surface area contributed by atoms with Crippen LogP contribution in [0.4, 0.5) is 5.82 Å². The van der Waals surface area contributed by atoms with Crippen molar-refractivity contribution in [3.63, 3.8) is 0 Å². The van der Waals surface area contributed by atoms with Gasteiger partial charge in [-0.05, 0) is 54.2 Å². The van der Waals surface area contributed by atoms with Gasteiger partial charge in [0.25, 0.3) is 5.91 Å². The topological polar surface area (TPSA) is 75.9 Å². The van der Waals surface area contributed by atoms with E-state index in [0.717, 1.165) is 41.5 Å². The maximum Gasteiger partial charge on any atom is 0.256 e. The maximum atomic E-state index is 12.8. The lowest BCUT2D eigenvalue weighted by molar-refractivity contribution is 0.102. The van der Waals surface area contributed by atoms with E-state index in [1.165, 1.54) is 11.1 Å². The van der Waals surface area contributed by atoms with E-state index >= 15 is 0 Å². The average molecular weight is 398 g/mol. The molecular weight excluding hydrogens is 376 g/mol. The molecule has 5 rings (SSSR count). The van der Waals surface area contributed by atoms with Gasteiger partial charge in [0, 0.05) is 42.8 Å². The molecule has 0 unspecified atom stereocenters. The number of hydrogen-bond donors (Lipinski definition) is 1. The van der Waals surface area contributed by atoms with E-state index in [9.17, 15) is 4.79 Å². The SMILES string of the molecule is CN1CCc2cc(C(=O)Nc3cc4cc(-c5cn(C)nn5)ccc4cn3)ccc2C1. The van der Waals surface area contributed by atoms with Gasteiger partial charge in [-0.3, -0.25) is 9.48 Å². The lowest BCUT2D eigenvalue weighted by Crippen LogP contribution is -2.27. The highest BCUT2D eigenvalue weighted by atomic mass is 16.1. The summed E-state index contributed by atoms with van der Waals surface area (Å²) in [6, 6.07) is 13.9. The summed E-state index contributed by atoms with van der Waals surface area (Å²) in [6.07, 6.45) is 4.61. The number of carbonyl (C=O) groups excluding carboxylic acids is 1. The van der Waals surface area contributed by atoms with Crippen molar-refractivity contribution in [2.45, 2.75) is 13.0 Å². The Hall–Kier alpha value is -3.58. The summed E-state index contributed by atoms with van der Waals surface area (Å²) in [7, 11) is 3.96. The van der Waals surface area contributed by atoms with Crippen molar-refractivity contribution in [1.82, 2.24) is 24.9 Å². The first-order valence-electron chi connectivity index (χ1n) is 9.93. The number of amides is 1. The van der Waals surface area contributed by atoms with Crippen LogP contribution in [0.25, 0.3) is 22.0 Å². The predicted molar refractivity (Wildman–Crippen MR) is 116 cm³/mol. The van der Waals surface area contributed by atoms with Crippen LogP contribution in [-0.2, 0) is 20.0 Å². The van der Waals surface area contributed by atoms with Gasteiger partial charge in [0.1, 0.15) is 11.5 Å². The molecule has 3 heterocycles. The third kappa shape index (κ3) is 3.55. The molecule has 0 saturated heterocycles. The van der Waals surface area contributed by atoms with E-state index in [-0.39, 0.29) is 5.91 Å². The van der Waals surface area contributed by atoms with E-state index in [4.69, 9.17) is 0 Å².